The predicted molar refractivity (Wildman–Crippen MR) is 78.8 cm³/mol. The number of nitrogens with two attached hydrogens (primary N) is 1. The standard InChI is InChI=1S/C16H16N2O2/c17-13-6-2-4-8-15(13)20-10-9-18-14-7-3-1-5-12(14)11-16(18)19/h1-8H,9-11,17H2. The van der Waals surface area contributed by atoms with E-state index in [0.29, 0.717) is 31.0 Å². The third kappa shape index (κ3) is 2.32. The van der Waals surface area contributed by atoms with Crippen LogP contribution in [-0.4, -0.2) is 19.1 Å². The minimum atomic E-state index is 0.121. The summed E-state index contributed by atoms with van der Waals surface area (Å²) in [7, 11) is 0. The Hall–Kier alpha value is -2.49. The van der Waals surface area contributed by atoms with E-state index in [1.54, 1.807) is 11.0 Å². The summed E-state index contributed by atoms with van der Waals surface area (Å²) in [4.78, 5) is 13.8. The Labute approximate surface area is 117 Å². The number of benzene rings is 2. The van der Waals surface area contributed by atoms with Gasteiger partial charge in [0.15, 0.2) is 0 Å². The number of hydrogen-bond donors (Lipinski definition) is 1. The lowest BCUT2D eigenvalue weighted by molar-refractivity contribution is -0.117. The van der Waals surface area contributed by atoms with Crippen LogP contribution in [0.25, 0.3) is 0 Å². The summed E-state index contributed by atoms with van der Waals surface area (Å²) < 4.78 is 5.64. The molecule has 0 bridgehead atoms. The molecule has 0 saturated carbocycles. The van der Waals surface area contributed by atoms with Crippen molar-refractivity contribution in [2.24, 2.45) is 0 Å². The highest BCUT2D eigenvalue weighted by Gasteiger charge is 2.26. The van der Waals surface area contributed by atoms with E-state index in [4.69, 9.17) is 10.5 Å². The number of hydrogen-bond acceptors (Lipinski definition) is 3. The van der Waals surface area contributed by atoms with Gasteiger partial charge in [-0.15, -0.1) is 0 Å². The number of anilines is 2. The second kappa shape index (κ2) is 5.25. The highest BCUT2D eigenvalue weighted by Crippen LogP contribution is 2.28. The van der Waals surface area contributed by atoms with E-state index < -0.39 is 0 Å². The predicted octanol–water partition coefficient (Wildman–Crippen LogP) is 2.24. The molecule has 0 saturated heterocycles. The molecule has 102 valence electrons. The van der Waals surface area contributed by atoms with Gasteiger partial charge in [-0.2, -0.15) is 0 Å². The van der Waals surface area contributed by atoms with Crippen molar-refractivity contribution in [2.75, 3.05) is 23.8 Å². The average molecular weight is 268 g/mol. The molecule has 20 heavy (non-hydrogen) atoms. The molecule has 4 nitrogen and oxygen atoms in total. The lowest BCUT2D eigenvalue weighted by Crippen LogP contribution is -2.31. The second-order valence-corrected chi connectivity index (χ2v) is 4.74. The molecule has 1 heterocycles. The van der Waals surface area contributed by atoms with Gasteiger partial charge in [0, 0.05) is 5.69 Å². The van der Waals surface area contributed by atoms with E-state index in [1.807, 2.05) is 42.5 Å². The van der Waals surface area contributed by atoms with Crippen LogP contribution in [0.4, 0.5) is 11.4 Å². The van der Waals surface area contributed by atoms with Crippen molar-refractivity contribution in [1.82, 2.24) is 0 Å². The van der Waals surface area contributed by atoms with Gasteiger partial charge in [-0.05, 0) is 23.8 Å². The molecular formula is C16H16N2O2. The van der Waals surface area contributed by atoms with E-state index in [2.05, 4.69) is 0 Å². The molecule has 2 N–H and O–H groups in total. The lowest BCUT2D eigenvalue weighted by Gasteiger charge is -2.18. The zero-order valence-corrected chi connectivity index (χ0v) is 11.1. The van der Waals surface area contributed by atoms with Crippen molar-refractivity contribution < 1.29 is 9.53 Å². The molecule has 2 aromatic carbocycles. The summed E-state index contributed by atoms with van der Waals surface area (Å²) in [5.74, 6) is 0.781. The van der Waals surface area contributed by atoms with Crippen LogP contribution >= 0.6 is 0 Å². The first kappa shape index (κ1) is 12.5. The summed E-state index contributed by atoms with van der Waals surface area (Å²) in [5.41, 5.74) is 8.49. The number of rotatable bonds is 4. The molecule has 3 rings (SSSR count). The summed E-state index contributed by atoms with van der Waals surface area (Å²) in [6, 6.07) is 15.2. The van der Waals surface area contributed by atoms with Crippen LogP contribution in [0.1, 0.15) is 5.56 Å². The minimum Gasteiger partial charge on any atom is -0.490 e. The van der Waals surface area contributed by atoms with E-state index in [1.165, 1.54) is 0 Å². The Morgan fingerprint density at radius 1 is 1.10 bits per heavy atom. The maximum atomic E-state index is 12.0. The molecule has 0 fully saturated rings. The maximum absolute atomic E-state index is 12.0. The Balaban J connectivity index is 1.65. The second-order valence-electron chi connectivity index (χ2n) is 4.74. The van der Waals surface area contributed by atoms with Crippen LogP contribution < -0.4 is 15.4 Å². The van der Waals surface area contributed by atoms with Crippen LogP contribution in [0, 0.1) is 0 Å². The van der Waals surface area contributed by atoms with E-state index in [9.17, 15) is 4.79 Å². The fourth-order valence-electron chi connectivity index (χ4n) is 2.42. The minimum absolute atomic E-state index is 0.121. The number of fused-ring (bicyclic) bond motifs is 1. The van der Waals surface area contributed by atoms with Crippen LogP contribution in [-0.2, 0) is 11.2 Å². The van der Waals surface area contributed by atoms with Crippen molar-refractivity contribution in [1.29, 1.82) is 0 Å². The highest BCUT2D eigenvalue weighted by molar-refractivity contribution is 6.01. The van der Waals surface area contributed by atoms with Crippen molar-refractivity contribution in [3.8, 4) is 5.75 Å². The number of carbonyl (C=O) groups excluding carboxylic acids is 1. The maximum Gasteiger partial charge on any atom is 0.231 e. The first-order chi connectivity index (χ1) is 9.75. The third-order valence-corrected chi connectivity index (χ3v) is 3.42. The Morgan fingerprint density at radius 3 is 2.70 bits per heavy atom. The number of ether oxygens (including phenoxy) is 1. The van der Waals surface area contributed by atoms with Gasteiger partial charge in [0.25, 0.3) is 0 Å². The first-order valence-corrected chi connectivity index (χ1v) is 6.61. The van der Waals surface area contributed by atoms with Crippen LogP contribution in [0.15, 0.2) is 48.5 Å². The average Bonchev–Trinajstić information content (AvgIpc) is 2.77. The van der Waals surface area contributed by atoms with Crippen molar-refractivity contribution >= 4 is 17.3 Å². The smallest absolute Gasteiger partial charge is 0.231 e. The summed E-state index contributed by atoms with van der Waals surface area (Å²) in [6.07, 6.45) is 0.476. The van der Waals surface area contributed by atoms with Gasteiger partial charge in [0.05, 0.1) is 18.7 Å². The van der Waals surface area contributed by atoms with Crippen molar-refractivity contribution in [3.63, 3.8) is 0 Å². The van der Waals surface area contributed by atoms with Crippen LogP contribution in [0.3, 0.4) is 0 Å². The van der Waals surface area contributed by atoms with Crippen molar-refractivity contribution in [3.05, 3.63) is 54.1 Å². The van der Waals surface area contributed by atoms with Gasteiger partial charge in [-0.25, -0.2) is 0 Å². The van der Waals surface area contributed by atoms with E-state index in [-0.39, 0.29) is 5.91 Å². The van der Waals surface area contributed by atoms with Gasteiger partial charge >= 0.3 is 0 Å². The number of nitrogen functional groups attached to an aromatic ring is 1. The summed E-state index contributed by atoms with van der Waals surface area (Å²) in [6.45, 7) is 0.957. The van der Waals surface area contributed by atoms with Gasteiger partial charge in [-0.1, -0.05) is 30.3 Å². The molecular weight excluding hydrogens is 252 g/mol. The molecule has 0 aromatic heterocycles. The van der Waals surface area contributed by atoms with E-state index in [0.717, 1.165) is 11.3 Å². The highest BCUT2D eigenvalue weighted by atomic mass is 16.5. The molecule has 2 aromatic rings. The fraction of sp³-hybridized carbons (Fsp3) is 0.188. The van der Waals surface area contributed by atoms with Crippen LogP contribution in [0.2, 0.25) is 0 Å². The third-order valence-electron chi connectivity index (χ3n) is 3.42. The summed E-state index contributed by atoms with van der Waals surface area (Å²) >= 11 is 0. The topological polar surface area (TPSA) is 55.6 Å². The molecule has 0 unspecified atom stereocenters. The quantitative estimate of drug-likeness (QED) is 0.865. The SMILES string of the molecule is Nc1ccccc1OCCN1C(=O)Cc2ccccc21. The lowest BCUT2D eigenvalue weighted by atomic mass is 10.2. The van der Waals surface area contributed by atoms with E-state index >= 15 is 0 Å². The zero-order valence-electron chi connectivity index (χ0n) is 11.1. The monoisotopic (exact) mass is 268 g/mol. The number of carbonyl (C=O) groups is 1. The number of nitrogens with zero attached hydrogens (tertiary/aromatic N) is 1. The van der Waals surface area contributed by atoms with Gasteiger partial charge in [-0.3, -0.25) is 4.79 Å². The molecule has 4 heteroatoms. The normalized spacial score (nSPS) is 13.4. The van der Waals surface area contributed by atoms with Crippen molar-refractivity contribution in [2.45, 2.75) is 6.42 Å². The van der Waals surface area contributed by atoms with Gasteiger partial charge in [0.2, 0.25) is 5.91 Å². The van der Waals surface area contributed by atoms with Gasteiger partial charge in [0.1, 0.15) is 12.4 Å². The molecule has 0 atom stereocenters. The first-order valence-electron chi connectivity index (χ1n) is 6.61. The zero-order chi connectivity index (χ0) is 13.9. The molecule has 0 spiro atoms. The Bertz CT molecular complexity index is 640. The Morgan fingerprint density at radius 2 is 1.85 bits per heavy atom. The fourth-order valence-corrected chi connectivity index (χ4v) is 2.42. The molecule has 1 aliphatic heterocycles. The molecule has 1 amide bonds. The Kier molecular flexibility index (Phi) is 3.29. The number of para-hydroxylation sites is 3. The largest absolute Gasteiger partial charge is 0.490 e. The summed E-state index contributed by atoms with van der Waals surface area (Å²) in [5, 5.41) is 0. The number of amides is 1. The molecule has 0 aliphatic carbocycles. The van der Waals surface area contributed by atoms with Crippen LogP contribution in [0.5, 0.6) is 5.75 Å². The van der Waals surface area contributed by atoms with Gasteiger partial charge < -0.3 is 15.4 Å². The molecule has 0 radical (unpaired) electrons. The molecule has 1 aliphatic rings.